The molecule has 1 saturated heterocycles. The fourth-order valence-electron chi connectivity index (χ4n) is 3.92. The maximum atomic E-state index is 13.4. The summed E-state index contributed by atoms with van der Waals surface area (Å²) in [5, 5.41) is 24.4. The minimum absolute atomic E-state index is 0.0609. The lowest BCUT2D eigenvalue weighted by atomic mass is 10.00. The first-order chi connectivity index (χ1) is 14.8. The predicted octanol–water partition coefficient (Wildman–Crippen LogP) is 2.78. The van der Waals surface area contributed by atoms with E-state index in [1.807, 2.05) is 6.92 Å². The van der Waals surface area contributed by atoms with Crippen molar-refractivity contribution in [2.24, 2.45) is 0 Å². The second kappa shape index (κ2) is 8.73. The summed E-state index contributed by atoms with van der Waals surface area (Å²) in [5.74, 6) is 0.508. The highest BCUT2D eigenvalue weighted by molar-refractivity contribution is 7.17. The molecule has 0 amide bonds. The average molecular weight is 456 g/mol. The molecule has 1 aliphatic rings. The number of hydrogen-bond acceptors (Lipinski definition) is 7. The number of piperazine rings is 1. The van der Waals surface area contributed by atoms with Crippen molar-refractivity contribution < 1.29 is 23.4 Å². The number of alkyl halides is 3. The maximum absolute atomic E-state index is 13.4. The molecule has 1 aliphatic heterocycles. The second-order valence-electron chi connectivity index (χ2n) is 7.49. The van der Waals surface area contributed by atoms with Crippen LogP contribution in [0.2, 0.25) is 0 Å². The zero-order valence-corrected chi connectivity index (χ0v) is 17.8. The molecule has 1 aromatic carbocycles. The third-order valence-corrected chi connectivity index (χ3v) is 6.60. The summed E-state index contributed by atoms with van der Waals surface area (Å²) in [5.41, 5.74) is -0.262. The Morgan fingerprint density at radius 1 is 1.19 bits per heavy atom. The van der Waals surface area contributed by atoms with E-state index in [0.29, 0.717) is 60.4 Å². The number of nitrogens with zero attached hydrogens (tertiary/aromatic N) is 5. The third-order valence-electron chi connectivity index (χ3n) is 5.53. The molecule has 2 aromatic heterocycles. The van der Waals surface area contributed by atoms with Crippen LogP contribution in [0.5, 0.6) is 5.88 Å². The van der Waals surface area contributed by atoms with Crippen molar-refractivity contribution in [3.63, 3.8) is 0 Å². The van der Waals surface area contributed by atoms with Gasteiger partial charge in [0.25, 0.3) is 0 Å². The number of aryl methyl sites for hydroxylation is 1. The molecule has 31 heavy (non-hydrogen) atoms. The number of rotatable bonds is 6. The molecule has 1 atom stereocenters. The molecule has 3 aromatic rings. The van der Waals surface area contributed by atoms with Gasteiger partial charge in [0.05, 0.1) is 23.1 Å². The minimum Gasteiger partial charge on any atom is -0.492 e. The lowest BCUT2D eigenvalue weighted by Gasteiger charge is -2.39. The standard InChI is InChI=1S/C20H24F3N5O2S/c1-2-15-24-19-28(25-15)18(30)17(31-19)16(27-8-6-26(7-9-27)10-11-29)13-4-3-5-14(12-13)20(21,22)23/h3-5,12,16,29-30H,2,6-11H2,1H3. The molecule has 11 heteroatoms. The number of β-amino-alcohol motifs (C(OH)–C–C–N with tert-alkyl or cyclic N) is 1. The van der Waals surface area contributed by atoms with Crippen LogP contribution in [0.25, 0.3) is 4.96 Å². The molecule has 0 spiro atoms. The highest BCUT2D eigenvalue weighted by Gasteiger charge is 2.35. The van der Waals surface area contributed by atoms with Crippen LogP contribution < -0.4 is 0 Å². The van der Waals surface area contributed by atoms with Crippen LogP contribution in [0.4, 0.5) is 13.2 Å². The first-order valence-corrected chi connectivity index (χ1v) is 10.9. The summed E-state index contributed by atoms with van der Waals surface area (Å²) in [6.45, 7) is 5.07. The first-order valence-electron chi connectivity index (χ1n) is 10.1. The lowest BCUT2D eigenvalue weighted by molar-refractivity contribution is -0.137. The molecular formula is C20H24F3N5O2S. The highest BCUT2D eigenvalue weighted by atomic mass is 32.1. The van der Waals surface area contributed by atoms with Gasteiger partial charge in [-0.15, -0.1) is 5.10 Å². The van der Waals surface area contributed by atoms with Crippen LogP contribution in [-0.2, 0) is 12.6 Å². The van der Waals surface area contributed by atoms with Gasteiger partial charge in [0.2, 0.25) is 10.8 Å². The molecule has 7 nitrogen and oxygen atoms in total. The number of aliphatic hydroxyl groups excluding tert-OH is 1. The van der Waals surface area contributed by atoms with Crippen molar-refractivity contribution in [3.05, 3.63) is 46.1 Å². The van der Waals surface area contributed by atoms with E-state index in [2.05, 4.69) is 19.9 Å². The predicted molar refractivity (Wildman–Crippen MR) is 110 cm³/mol. The monoisotopic (exact) mass is 455 g/mol. The van der Waals surface area contributed by atoms with Crippen LogP contribution in [0, 0.1) is 0 Å². The number of aromatic nitrogens is 3. The SMILES string of the molecule is CCc1nc2sc(C(c3cccc(C(F)(F)F)c3)N3CCN(CCO)CC3)c(O)n2n1. The molecule has 1 fully saturated rings. The van der Waals surface area contributed by atoms with Crippen LogP contribution in [0.3, 0.4) is 0 Å². The Bertz CT molecular complexity index is 1040. The summed E-state index contributed by atoms with van der Waals surface area (Å²) < 4.78 is 41.5. The fourth-order valence-corrected chi connectivity index (χ4v) is 5.05. The summed E-state index contributed by atoms with van der Waals surface area (Å²) in [6.07, 6.45) is -3.84. The molecule has 0 bridgehead atoms. The normalized spacial score (nSPS) is 17.5. The number of thiazole rings is 1. The van der Waals surface area contributed by atoms with E-state index in [9.17, 15) is 23.4 Å². The van der Waals surface area contributed by atoms with E-state index in [4.69, 9.17) is 0 Å². The van der Waals surface area contributed by atoms with Gasteiger partial charge in [-0.2, -0.15) is 17.7 Å². The van der Waals surface area contributed by atoms with Crippen molar-refractivity contribution in [3.8, 4) is 5.88 Å². The van der Waals surface area contributed by atoms with Crippen molar-refractivity contribution in [2.75, 3.05) is 39.3 Å². The molecular weight excluding hydrogens is 431 g/mol. The Balaban J connectivity index is 1.75. The molecule has 168 valence electrons. The van der Waals surface area contributed by atoms with E-state index in [1.165, 1.54) is 21.9 Å². The lowest BCUT2D eigenvalue weighted by Crippen LogP contribution is -2.48. The van der Waals surface area contributed by atoms with E-state index >= 15 is 0 Å². The van der Waals surface area contributed by atoms with Gasteiger partial charge >= 0.3 is 6.18 Å². The van der Waals surface area contributed by atoms with Gasteiger partial charge in [0, 0.05) is 39.1 Å². The van der Waals surface area contributed by atoms with Crippen LogP contribution in [-0.4, -0.2) is 73.9 Å². The molecule has 0 saturated carbocycles. The Labute approximate surface area is 181 Å². The summed E-state index contributed by atoms with van der Waals surface area (Å²) in [7, 11) is 0. The summed E-state index contributed by atoms with van der Waals surface area (Å²) >= 11 is 1.24. The molecule has 4 rings (SSSR count). The summed E-state index contributed by atoms with van der Waals surface area (Å²) in [4.78, 5) is 9.61. The van der Waals surface area contributed by atoms with E-state index in [1.54, 1.807) is 6.07 Å². The average Bonchev–Trinajstić information content (AvgIpc) is 3.29. The van der Waals surface area contributed by atoms with Crippen molar-refractivity contribution in [2.45, 2.75) is 25.6 Å². The van der Waals surface area contributed by atoms with E-state index in [0.717, 1.165) is 12.1 Å². The minimum atomic E-state index is -4.45. The molecule has 1 unspecified atom stereocenters. The zero-order chi connectivity index (χ0) is 22.2. The van der Waals surface area contributed by atoms with Gasteiger partial charge in [0.1, 0.15) is 0 Å². The number of halogens is 3. The quantitative estimate of drug-likeness (QED) is 0.595. The molecule has 3 heterocycles. The summed E-state index contributed by atoms with van der Waals surface area (Å²) in [6, 6.07) is 4.70. The number of benzene rings is 1. The number of aliphatic hydroxyl groups is 1. The van der Waals surface area contributed by atoms with Gasteiger partial charge in [-0.1, -0.05) is 30.4 Å². The van der Waals surface area contributed by atoms with Crippen molar-refractivity contribution in [1.82, 2.24) is 24.4 Å². The Hall–Kier alpha value is -2.21. The highest BCUT2D eigenvalue weighted by Crippen LogP contribution is 2.41. The third kappa shape index (κ3) is 4.40. The van der Waals surface area contributed by atoms with Gasteiger partial charge in [-0.25, -0.2) is 4.98 Å². The molecule has 0 radical (unpaired) electrons. The van der Waals surface area contributed by atoms with Crippen molar-refractivity contribution in [1.29, 1.82) is 0 Å². The Morgan fingerprint density at radius 2 is 1.94 bits per heavy atom. The van der Waals surface area contributed by atoms with Gasteiger partial charge in [-0.3, -0.25) is 9.80 Å². The maximum Gasteiger partial charge on any atom is 0.416 e. The fraction of sp³-hybridized carbons (Fsp3) is 0.500. The topological polar surface area (TPSA) is 77.1 Å². The number of aromatic hydroxyl groups is 1. The number of hydrogen-bond donors (Lipinski definition) is 2. The Kier molecular flexibility index (Phi) is 6.20. The van der Waals surface area contributed by atoms with Gasteiger partial charge in [0.15, 0.2) is 5.82 Å². The second-order valence-corrected chi connectivity index (χ2v) is 8.50. The number of fused-ring (bicyclic) bond motifs is 1. The molecule has 2 N–H and O–H groups in total. The van der Waals surface area contributed by atoms with E-state index < -0.39 is 17.8 Å². The molecule has 0 aliphatic carbocycles. The Morgan fingerprint density at radius 3 is 2.55 bits per heavy atom. The van der Waals surface area contributed by atoms with Crippen LogP contribution in [0.15, 0.2) is 24.3 Å². The van der Waals surface area contributed by atoms with Gasteiger partial charge in [-0.05, 0) is 17.7 Å². The zero-order valence-electron chi connectivity index (χ0n) is 17.0. The van der Waals surface area contributed by atoms with Crippen molar-refractivity contribution >= 4 is 16.3 Å². The first kappa shape index (κ1) is 22.0. The largest absolute Gasteiger partial charge is 0.492 e. The van der Waals surface area contributed by atoms with Gasteiger partial charge < -0.3 is 10.2 Å². The smallest absolute Gasteiger partial charge is 0.416 e. The van der Waals surface area contributed by atoms with Crippen LogP contribution >= 0.6 is 11.3 Å². The van der Waals surface area contributed by atoms with Crippen LogP contribution in [0.1, 0.15) is 34.8 Å². The van der Waals surface area contributed by atoms with E-state index in [-0.39, 0.29) is 12.5 Å².